The fourth-order valence-corrected chi connectivity index (χ4v) is 14.4. The van der Waals surface area contributed by atoms with Crippen molar-refractivity contribution in [2.45, 2.75) is 36.0 Å². The monoisotopic (exact) mass is 585 g/mol. The van der Waals surface area contributed by atoms with E-state index in [1.807, 2.05) is 11.8 Å². The Bertz CT molecular complexity index is 2030. The van der Waals surface area contributed by atoms with Gasteiger partial charge in [0.15, 0.2) is 8.07 Å². The van der Waals surface area contributed by atoms with Gasteiger partial charge in [-0.25, -0.2) is 0 Å². The smallest absolute Gasteiger partial charge is 0.182 e. The molecule has 0 bridgehead atoms. The number of anilines is 3. The molecule has 9 rings (SSSR count). The maximum atomic E-state index is 2.57. The molecule has 0 aliphatic carbocycles. The standard InChI is InChI=1S/C40H31NSSi/c1-40(2,3)26-20-22-30-31-23-21-27(41-32-14-6-8-16-34(32)42-35-17-9-7-15-33(35)41)25-39(31)43(38(30)24-26)36-18-10-4-12-28(36)29-13-5-11-19-37(29)43/h4-25H,1-3H3. The molecule has 3 heteroatoms. The molecule has 0 N–H and O–H groups in total. The van der Waals surface area contributed by atoms with Gasteiger partial charge < -0.3 is 4.90 Å². The molecule has 0 amide bonds. The molecular formula is C40H31NSSi. The molecule has 0 saturated carbocycles. The molecular weight excluding hydrogens is 555 g/mol. The number of hydrogen-bond acceptors (Lipinski definition) is 2. The maximum absolute atomic E-state index is 2.57. The molecule has 3 heterocycles. The fourth-order valence-electron chi connectivity index (χ4n) is 7.72. The van der Waals surface area contributed by atoms with Crippen molar-refractivity contribution >= 4 is 57.6 Å². The van der Waals surface area contributed by atoms with E-state index in [1.165, 1.54) is 70.2 Å². The highest BCUT2D eigenvalue weighted by Gasteiger charge is 2.54. The molecule has 43 heavy (non-hydrogen) atoms. The van der Waals surface area contributed by atoms with Gasteiger partial charge in [-0.2, -0.15) is 0 Å². The molecule has 1 spiro atoms. The number of rotatable bonds is 1. The minimum atomic E-state index is -2.57. The summed E-state index contributed by atoms with van der Waals surface area (Å²) in [5.41, 5.74) is 10.8. The van der Waals surface area contributed by atoms with Crippen LogP contribution in [0.5, 0.6) is 0 Å². The van der Waals surface area contributed by atoms with E-state index >= 15 is 0 Å². The van der Waals surface area contributed by atoms with Crippen LogP contribution in [0.4, 0.5) is 17.1 Å². The molecule has 0 unspecified atom stereocenters. The van der Waals surface area contributed by atoms with Crippen LogP contribution < -0.4 is 25.6 Å². The zero-order chi connectivity index (χ0) is 28.9. The van der Waals surface area contributed by atoms with Gasteiger partial charge in [0.05, 0.1) is 11.4 Å². The molecule has 6 aromatic carbocycles. The second kappa shape index (κ2) is 8.85. The quantitative estimate of drug-likeness (QED) is 0.179. The Morgan fingerprint density at radius 2 is 0.977 bits per heavy atom. The first kappa shape index (κ1) is 25.2. The van der Waals surface area contributed by atoms with Crippen LogP contribution in [0.25, 0.3) is 22.3 Å². The van der Waals surface area contributed by atoms with Gasteiger partial charge in [0.25, 0.3) is 0 Å². The van der Waals surface area contributed by atoms with Crippen LogP contribution in [0, 0.1) is 0 Å². The van der Waals surface area contributed by atoms with E-state index in [9.17, 15) is 0 Å². The predicted octanol–water partition coefficient (Wildman–Crippen LogP) is 8.26. The SMILES string of the molecule is CC(C)(C)c1ccc2c(c1)[Si]1(c3ccccc3-c3ccccc31)c1cc(N3c4ccccc4Sc4ccccc43)ccc1-2. The molecule has 3 aliphatic rings. The first-order chi connectivity index (χ1) is 21.0. The molecule has 6 aromatic rings. The Labute approximate surface area is 258 Å². The lowest BCUT2D eigenvalue weighted by Crippen LogP contribution is -2.70. The van der Waals surface area contributed by atoms with Crippen LogP contribution >= 0.6 is 11.8 Å². The van der Waals surface area contributed by atoms with Crippen molar-refractivity contribution < 1.29 is 0 Å². The van der Waals surface area contributed by atoms with Crippen LogP contribution in [0.1, 0.15) is 26.3 Å². The summed E-state index contributed by atoms with van der Waals surface area (Å²) in [6.07, 6.45) is 0. The number of hydrogen-bond donors (Lipinski definition) is 0. The molecule has 0 fully saturated rings. The first-order valence-corrected chi connectivity index (χ1v) is 17.9. The number of para-hydroxylation sites is 2. The van der Waals surface area contributed by atoms with Crippen LogP contribution in [0.2, 0.25) is 0 Å². The lowest BCUT2D eigenvalue weighted by molar-refractivity contribution is 0.591. The highest BCUT2D eigenvalue weighted by Crippen LogP contribution is 2.51. The van der Waals surface area contributed by atoms with Crippen LogP contribution in [0.15, 0.2) is 143 Å². The minimum absolute atomic E-state index is 0.0705. The second-order valence-electron chi connectivity index (χ2n) is 13.0. The zero-order valence-electron chi connectivity index (χ0n) is 24.6. The molecule has 0 aromatic heterocycles. The average molecular weight is 586 g/mol. The molecule has 206 valence electrons. The van der Waals surface area contributed by atoms with Crippen molar-refractivity contribution in [2.75, 3.05) is 4.90 Å². The van der Waals surface area contributed by atoms with Gasteiger partial charge >= 0.3 is 0 Å². The summed E-state index contributed by atoms with van der Waals surface area (Å²) < 4.78 is 0. The third-order valence-corrected chi connectivity index (χ3v) is 15.7. The third-order valence-electron chi connectivity index (χ3n) is 9.63. The third kappa shape index (κ3) is 3.35. The summed E-state index contributed by atoms with van der Waals surface area (Å²) >= 11 is 1.87. The molecule has 0 atom stereocenters. The van der Waals surface area contributed by atoms with Crippen molar-refractivity contribution in [3.63, 3.8) is 0 Å². The van der Waals surface area contributed by atoms with Crippen molar-refractivity contribution in [2.24, 2.45) is 0 Å². The van der Waals surface area contributed by atoms with Crippen LogP contribution in [-0.2, 0) is 5.41 Å². The molecule has 0 radical (unpaired) electrons. The summed E-state index contributed by atoms with van der Waals surface area (Å²) in [4.78, 5) is 5.08. The van der Waals surface area contributed by atoms with Gasteiger partial charge in [0, 0.05) is 15.5 Å². The Morgan fingerprint density at radius 3 is 1.58 bits per heavy atom. The summed E-state index contributed by atoms with van der Waals surface area (Å²) in [5, 5.41) is 6.10. The van der Waals surface area contributed by atoms with E-state index in [0.717, 1.165) is 0 Å². The molecule has 0 saturated heterocycles. The largest absolute Gasteiger partial charge is 0.308 e. The van der Waals surface area contributed by atoms with E-state index in [0.29, 0.717) is 0 Å². The highest BCUT2D eigenvalue weighted by molar-refractivity contribution is 7.99. The highest BCUT2D eigenvalue weighted by atomic mass is 32.2. The van der Waals surface area contributed by atoms with Crippen molar-refractivity contribution in [3.05, 3.63) is 139 Å². The summed E-state index contributed by atoms with van der Waals surface area (Å²) in [6.45, 7) is 7.01. The number of fused-ring (bicyclic) bond motifs is 12. The van der Waals surface area contributed by atoms with E-state index in [4.69, 9.17) is 0 Å². The lowest BCUT2D eigenvalue weighted by Gasteiger charge is -2.34. The van der Waals surface area contributed by atoms with Gasteiger partial charge in [0.1, 0.15) is 0 Å². The number of benzene rings is 6. The average Bonchev–Trinajstić information content (AvgIpc) is 3.50. The van der Waals surface area contributed by atoms with E-state index in [-0.39, 0.29) is 5.41 Å². The van der Waals surface area contributed by atoms with Gasteiger partial charge in [-0.05, 0) is 90.4 Å². The van der Waals surface area contributed by atoms with E-state index in [2.05, 4.69) is 159 Å². The summed E-state index contributed by atoms with van der Waals surface area (Å²) in [5.74, 6) is 0. The lowest BCUT2D eigenvalue weighted by atomic mass is 9.86. The first-order valence-electron chi connectivity index (χ1n) is 15.1. The van der Waals surface area contributed by atoms with Crippen molar-refractivity contribution in [3.8, 4) is 22.3 Å². The molecule has 3 aliphatic heterocycles. The Morgan fingerprint density at radius 1 is 0.488 bits per heavy atom. The number of nitrogens with zero attached hydrogens (tertiary/aromatic N) is 1. The fraction of sp³-hybridized carbons (Fsp3) is 0.100. The van der Waals surface area contributed by atoms with Gasteiger partial charge in [0.2, 0.25) is 0 Å². The van der Waals surface area contributed by atoms with Gasteiger partial charge in [-0.15, -0.1) is 0 Å². The van der Waals surface area contributed by atoms with Crippen LogP contribution in [0.3, 0.4) is 0 Å². The normalized spacial score (nSPS) is 14.9. The maximum Gasteiger partial charge on any atom is 0.182 e. The van der Waals surface area contributed by atoms with Crippen LogP contribution in [-0.4, -0.2) is 8.07 Å². The Kier molecular flexibility index (Phi) is 5.19. The zero-order valence-corrected chi connectivity index (χ0v) is 26.4. The van der Waals surface area contributed by atoms with E-state index < -0.39 is 8.07 Å². The second-order valence-corrected chi connectivity index (χ2v) is 17.7. The summed E-state index contributed by atoms with van der Waals surface area (Å²) in [7, 11) is -2.57. The predicted molar refractivity (Wildman–Crippen MR) is 186 cm³/mol. The summed E-state index contributed by atoms with van der Waals surface area (Å²) in [6, 6.07) is 50.8. The van der Waals surface area contributed by atoms with Crippen molar-refractivity contribution in [1.29, 1.82) is 0 Å². The Balaban J connectivity index is 1.38. The topological polar surface area (TPSA) is 3.24 Å². The van der Waals surface area contributed by atoms with Crippen molar-refractivity contribution in [1.82, 2.24) is 0 Å². The van der Waals surface area contributed by atoms with Gasteiger partial charge in [-0.1, -0.05) is 130 Å². The molecule has 1 nitrogen and oxygen atoms in total. The van der Waals surface area contributed by atoms with E-state index in [1.54, 1.807) is 5.19 Å². The van der Waals surface area contributed by atoms with Gasteiger partial charge in [-0.3, -0.25) is 0 Å². The Hall–Kier alpha value is -4.31. The minimum Gasteiger partial charge on any atom is -0.308 e.